The zero-order valence-corrected chi connectivity index (χ0v) is 14.1. The summed E-state index contributed by atoms with van der Waals surface area (Å²) in [6, 6.07) is 17.9. The number of nitrogens with one attached hydrogen (secondary N) is 1. The molecule has 0 spiro atoms. The van der Waals surface area contributed by atoms with E-state index < -0.39 is 0 Å². The Morgan fingerprint density at radius 2 is 1.84 bits per heavy atom. The zero-order valence-electron chi connectivity index (χ0n) is 14.1. The number of H-pyrrole nitrogens is 1. The summed E-state index contributed by atoms with van der Waals surface area (Å²) in [6.45, 7) is 2.76. The zero-order chi connectivity index (χ0) is 17.2. The summed E-state index contributed by atoms with van der Waals surface area (Å²) in [5, 5.41) is 9.71. The Kier molecular flexibility index (Phi) is 3.98. The molecule has 0 radical (unpaired) electrons. The number of nitrogens with zero attached hydrogens (tertiary/aromatic N) is 3. The number of hydrogen-bond donors (Lipinski definition) is 1. The third-order valence-electron chi connectivity index (χ3n) is 4.54. The Labute approximate surface area is 146 Å². The second kappa shape index (κ2) is 6.43. The minimum Gasteiger partial charge on any atom is -0.295 e. The van der Waals surface area contributed by atoms with E-state index in [0.29, 0.717) is 5.56 Å². The molecule has 0 saturated carbocycles. The molecule has 5 nitrogen and oxygen atoms in total. The highest BCUT2D eigenvalue weighted by Gasteiger charge is 2.16. The Balaban J connectivity index is 1.67. The molecular weight excluding hydrogens is 312 g/mol. The highest BCUT2D eigenvalue weighted by atomic mass is 16.1. The van der Waals surface area contributed by atoms with Gasteiger partial charge >= 0.3 is 0 Å². The van der Waals surface area contributed by atoms with Crippen molar-refractivity contribution in [3.05, 3.63) is 81.8 Å². The number of hydrazone groups is 1. The first-order chi connectivity index (χ1) is 12.2. The van der Waals surface area contributed by atoms with E-state index in [2.05, 4.69) is 28.4 Å². The van der Waals surface area contributed by atoms with Gasteiger partial charge in [0.15, 0.2) is 0 Å². The van der Waals surface area contributed by atoms with Crippen molar-refractivity contribution in [3.8, 4) is 5.69 Å². The molecule has 2 aromatic carbocycles. The van der Waals surface area contributed by atoms with E-state index in [-0.39, 0.29) is 5.56 Å². The van der Waals surface area contributed by atoms with Crippen molar-refractivity contribution in [2.24, 2.45) is 5.10 Å². The summed E-state index contributed by atoms with van der Waals surface area (Å²) in [4.78, 5) is 12.7. The molecule has 4 rings (SSSR count). The fourth-order valence-electron chi connectivity index (χ4n) is 3.23. The lowest BCUT2D eigenvalue weighted by Crippen LogP contribution is -2.25. The molecule has 1 N–H and O–H groups in total. The van der Waals surface area contributed by atoms with Gasteiger partial charge in [-0.15, -0.1) is 0 Å². The van der Waals surface area contributed by atoms with Gasteiger partial charge in [-0.1, -0.05) is 36.4 Å². The monoisotopic (exact) mass is 332 g/mol. The summed E-state index contributed by atoms with van der Waals surface area (Å²) in [5.74, 6) is 0. The van der Waals surface area contributed by atoms with Crippen molar-refractivity contribution in [1.29, 1.82) is 0 Å². The third-order valence-corrected chi connectivity index (χ3v) is 4.54. The van der Waals surface area contributed by atoms with Crippen molar-refractivity contribution in [2.45, 2.75) is 19.8 Å². The molecule has 25 heavy (non-hydrogen) atoms. The molecule has 126 valence electrons. The number of aryl methyl sites for hydroxylation is 2. The first-order valence-corrected chi connectivity index (χ1v) is 8.50. The van der Waals surface area contributed by atoms with Crippen LogP contribution in [-0.4, -0.2) is 22.5 Å². The van der Waals surface area contributed by atoms with Gasteiger partial charge in [-0.05, 0) is 43.5 Å². The average molecular weight is 332 g/mol. The summed E-state index contributed by atoms with van der Waals surface area (Å²) >= 11 is 0. The van der Waals surface area contributed by atoms with Gasteiger partial charge in [0.1, 0.15) is 0 Å². The number of hydrogen-bond acceptors (Lipinski definition) is 3. The van der Waals surface area contributed by atoms with Gasteiger partial charge in [0.25, 0.3) is 5.56 Å². The lowest BCUT2D eigenvalue weighted by Gasteiger charge is -2.26. The van der Waals surface area contributed by atoms with Crippen molar-refractivity contribution >= 4 is 11.9 Å². The Morgan fingerprint density at radius 1 is 1.08 bits per heavy atom. The highest BCUT2D eigenvalue weighted by molar-refractivity contribution is 5.81. The van der Waals surface area contributed by atoms with E-state index in [1.165, 1.54) is 5.56 Å². The number of fused-ring (bicyclic) bond motifs is 1. The molecule has 1 aliphatic rings. The molecule has 0 atom stereocenters. The molecule has 1 aromatic heterocycles. The van der Waals surface area contributed by atoms with Gasteiger partial charge in [-0.3, -0.25) is 14.9 Å². The van der Waals surface area contributed by atoms with Crippen LogP contribution in [0.2, 0.25) is 0 Å². The van der Waals surface area contributed by atoms with Gasteiger partial charge in [-0.25, -0.2) is 4.68 Å². The van der Waals surface area contributed by atoms with Crippen molar-refractivity contribution < 1.29 is 0 Å². The van der Waals surface area contributed by atoms with E-state index in [1.807, 2.05) is 48.3 Å². The Bertz CT molecular complexity index is 969. The van der Waals surface area contributed by atoms with Crippen LogP contribution in [0.15, 0.2) is 64.5 Å². The van der Waals surface area contributed by atoms with Gasteiger partial charge < -0.3 is 0 Å². The predicted molar refractivity (Wildman–Crippen MR) is 101 cm³/mol. The summed E-state index contributed by atoms with van der Waals surface area (Å²) in [5.41, 5.74) is 4.56. The molecule has 0 unspecified atom stereocenters. The van der Waals surface area contributed by atoms with Crippen LogP contribution in [-0.2, 0) is 6.42 Å². The molecule has 0 fully saturated rings. The molecule has 5 heteroatoms. The topological polar surface area (TPSA) is 53.4 Å². The quantitative estimate of drug-likeness (QED) is 0.749. The van der Waals surface area contributed by atoms with E-state index >= 15 is 0 Å². The van der Waals surface area contributed by atoms with Gasteiger partial charge in [-0.2, -0.15) is 5.10 Å². The molecular formula is C20H20N4O. The van der Waals surface area contributed by atoms with Gasteiger partial charge in [0.05, 0.1) is 23.2 Å². The molecule has 0 amide bonds. The lowest BCUT2D eigenvalue weighted by molar-refractivity contribution is 0.717. The van der Waals surface area contributed by atoms with E-state index in [9.17, 15) is 4.79 Å². The minimum absolute atomic E-state index is 0.0854. The lowest BCUT2D eigenvalue weighted by atomic mass is 10.0. The van der Waals surface area contributed by atoms with Gasteiger partial charge in [0, 0.05) is 12.2 Å². The second-order valence-electron chi connectivity index (χ2n) is 6.23. The molecule has 1 aliphatic heterocycles. The van der Waals surface area contributed by atoms with Crippen LogP contribution in [0, 0.1) is 6.92 Å². The minimum atomic E-state index is -0.0854. The SMILES string of the molecule is Cc1[nH]n(-c2ccccc2)c(=O)c1/C=N/N1CCCc2ccccc21. The normalized spacial score (nSPS) is 14.0. The van der Waals surface area contributed by atoms with Crippen LogP contribution in [0.4, 0.5) is 5.69 Å². The summed E-state index contributed by atoms with van der Waals surface area (Å²) < 4.78 is 1.56. The van der Waals surface area contributed by atoms with Crippen molar-refractivity contribution in [2.75, 3.05) is 11.6 Å². The van der Waals surface area contributed by atoms with Gasteiger partial charge in [0.2, 0.25) is 0 Å². The average Bonchev–Trinajstić information content (AvgIpc) is 2.94. The summed E-state index contributed by atoms with van der Waals surface area (Å²) in [7, 11) is 0. The van der Waals surface area contributed by atoms with Crippen molar-refractivity contribution in [3.63, 3.8) is 0 Å². The fraction of sp³-hybridized carbons (Fsp3) is 0.200. The third kappa shape index (κ3) is 2.89. The number of aromatic nitrogens is 2. The molecule has 0 bridgehead atoms. The molecule has 0 saturated heterocycles. The van der Waals surface area contributed by atoms with Crippen molar-refractivity contribution in [1.82, 2.24) is 9.78 Å². The number of rotatable bonds is 3. The Hall–Kier alpha value is -3.08. The van der Waals surface area contributed by atoms with E-state index in [0.717, 1.165) is 36.5 Å². The number of aromatic amines is 1. The van der Waals surface area contributed by atoms with E-state index in [4.69, 9.17) is 0 Å². The van der Waals surface area contributed by atoms with Crippen LogP contribution >= 0.6 is 0 Å². The predicted octanol–water partition coefficient (Wildman–Crippen LogP) is 3.26. The Morgan fingerprint density at radius 3 is 2.68 bits per heavy atom. The van der Waals surface area contributed by atoms with Crippen LogP contribution in [0.3, 0.4) is 0 Å². The molecule has 0 aliphatic carbocycles. The smallest absolute Gasteiger partial charge is 0.280 e. The largest absolute Gasteiger partial charge is 0.295 e. The highest BCUT2D eigenvalue weighted by Crippen LogP contribution is 2.26. The van der Waals surface area contributed by atoms with E-state index in [1.54, 1.807) is 10.9 Å². The number of anilines is 1. The second-order valence-corrected chi connectivity index (χ2v) is 6.23. The standard InChI is InChI=1S/C20H20N4O/c1-15-18(20(25)24(22-15)17-10-3-2-4-11-17)14-21-23-13-7-9-16-8-5-6-12-19(16)23/h2-6,8,10-12,14,22H,7,9,13H2,1H3/b21-14+. The van der Waals surface area contributed by atoms with Crippen LogP contribution in [0.1, 0.15) is 23.2 Å². The van der Waals surface area contributed by atoms with Crippen LogP contribution < -0.4 is 10.6 Å². The van der Waals surface area contributed by atoms with Crippen LogP contribution in [0.25, 0.3) is 5.69 Å². The molecule has 2 heterocycles. The maximum absolute atomic E-state index is 12.7. The number of para-hydroxylation sites is 2. The summed E-state index contributed by atoms with van der Waals surface area (Å²) in [6.07, 6.45) is 3.82. The maximum atomic E-state index is 12.7. The first-order valence-electron chi connectivity index (χ1n) is 8.50. The molecule has 3 aromatic rings. The number of benzene rings is 2. The van der Waals surface area contributed by atoms with Crippen LogP contribution in [0.5, 0.6) is 0 Å². The maximum Gasteiger partial charge on any atom is 0.280 e. The fourth-order valence-corrected chi connectivity index (χ4v) is 3.23. The first kappa shape index (κ1) is 15.4.